The van der Waals surface area contributed by atoms with Crippen molar-refractivity contribution in [3.63, 3.8) is 0 Å². The third-order valence-electron chi connectivity index (χ3n) is 2.70. The highest BCUT2D eigenvalue weighted by Crippen LogP contribution is 2.16. The van der Waals surface area contributed by atoms with Crippen molar-refractivity contribution >= 4 is 17.5 Å². The van der Waals surface area contributed by atoms with Crippen LogP contribution >= 0.6 is 0 Å². The number of nitrogens with zero attached hydrogens (tertiary/aromatic N) is 2. The summed E-state index contributed by atoms with van der Waals surface area (Å²) < 4.78 is 1.56. The zero-order valence-corrected chi connectivity index (χ0v) is 10.7. The van der Waals surface area contributed by atoms with Crippen LogP contribution in [0.3, 0.4) is 0 Å². The summed E-state index contributed by atoms with van der Waals surface area (Å²) in [5, 5.41) is 6.76. The minimum absolute atomic E-state index is 0.275. The minimum Gasteiger partial charge on any atom is -0.366 e. The molecule has 2 amide bonds. The van der Waals surface area contributed by atoms with Gasteiger partial charge in [-0.15, -0.1) is 0 Å². The second kappa shape index (κ2) is 4.93. The second-order valence-electron chi connectivity index (χ2n) is 4.17. The van der Waals surface area contributed by atoms with Gasteiger partial charge in [-0.25, -0.2) is 0 Å². The first-order valence-electron chi connectivity index (χ1n) is 5.69. The summed E-state index contributed by atoms with van der Waals surface area (Å²) >= 11 is 0. The van der Waals surface area contributed by atoms with Gasteiger partial charge in [-0.1, -0.05) is 12.1 Å². The molecule has 1 heterocycles. The summed E-state index contributed by atoms with van der Waals surface area (Å²) in [5.74, 6) is -0.905. The fourth-order valence-electron chi connectivity index (χ4n) is 1.82. The average Bonchev–Trinajstić information content (AvgIpc) is 2.69. The third kappa shape index (κ3) is 2.62. The lowest BCUT2D eigenvalue weighted by Gasteiger charge is -2.07. The normalized spacial score (nSPS) is 10.2. The molecule has 0 spiro atoms. The number of aryl methyl sites for hydroxylation is 2. The molecule has 0 aliphatic rings. The van der Waals surface area contributed by atoms with Crippen LogP contribution in [0.25, 0.3) is 0 Å². The maximum absolute atomic E-state index is 12.1. The molecule has 19 heavy (non-hydrogen) atoms. The Hall–Kier alpha value is -2.63. The molecule has 0 unspecified atom stereocenters. The van der Waals surface area contributed by atoms with Crippen molar-refractivity contribution in [1.29, 1.82) is 0 Å². The van der Waals surface area contributed by atoms with E-state index in [9.17, 15) is 9.59 Å². The number of benzene rings is 1. The Morgan fingerprint density at radius 2 is 1.95 bits per heavy atom. The van der Waals surface area contributed by atoms with E-state index < -0.39 is 5.91 Å². The summed E-state index contributed by atoms with van der Waals surface area (Å²) in [4.78, 5) is 23.4. The van der Waals surface area contributed by atoms with Crippen LogP contribution in [0.15, 0.2) is 30.5 Å². The van der Waals surface area contributed by atoms with Gasteiger partial charge >= 0.3 is 0 Å². The van der Waals surface area contributed by atoms with Gasteiger partial charge in [-0.05, 0) is 19.1 Å². The van der Waals surface area contributed by atoms with Crippen molar-refractivity contribution in [3.05, 3.63) is 47.3 Å². The van der Waals surface area contributed by atoms with Gasteiger partial charge in [0.1, 0.15) is 0 Å². The molecule has 0 bridgehead atoms. The predicted octanol–water partition coefficient (Wildman–Crippen LogP) is 1.08. The molecular formula is C13H14N4O2. The van der Waals surface area contributed by atoms with E-state index in [1.807, 2.05) is 0 Å². The molecule has 6 heteroatoms. The van der Waals surface area contributed by atoms with Crippen molar-refractivity contribution in [1.82, 2.24) is 9.78 Å². The van der Waals surface area contributed by atoms with Gasteiger partial charge in [0.15, 0.2) is 0 Å². The highest BCUT2D eigenvalue weighted by Gasteiger charge is 2.15. The van der Waals surface area contributed by atoms with Crippen molar-refractivity contribution in [2.75, 3.05) is 5.32 Å². The molecule has 6 nitrogen and oxygen atoms in total. The quantitative estimate of drug-likeness (QED) is 0.863. The van der Waals surface area contributed by atoms with E-state index in [0.29, 0.717) is 16.9 Å². The number of amides is 2. The van der Waals surface area contributed by atoms with Crippen molar-refractivity contribution in [2.24, 2.45) is 12.8 Å². The maximum Gasteiger partial charge on any atom is 0.259 e. The number of aromatic nitrogens is 2. The average molecular weight is 258 g/mol. The van der Waals surface area contributed by atoms with Crippen LogP contribution in [0.2, 0.25) is 0 Å². The molecule has 0 atom stereocenters. The third-order valence-corrected chi connectivity index (χ3v) is 2.70. The lowest BCUT2D eigenvalue weighted by Crippen LogP contribution is -2.18. The maximum atomic E-state index is 12.1. The summed E-state index contributed by atoms with van der Waals surface area (Å²) in [5.41, 5.74) is 7.01. The van der Waals surface area contributed by atoms with Gasteiger partial charge in [0.05, 0.1) is 22.5 Å². The fraction of sp³-hybridized carbons (Fsp3) is 0.154. The summed E-state index contributed by atoms with van der Waals surface area (Å²) in [6.45, 7) is 1.74. The van der Waals surface area contributed by atoms with E-state index in [4.69, 9.17) is 5.73 Å². The Labute approximate surface area is 110 Å². The van der Waals surface area contributed by atoms with E-state index in [1.54, 1.807) is 49.1 Å². The van der Waals surface area contributed by atoms with Gasteiger partial charge < -0.3 is 11.1 Å². The van der Waals surface area contributed by atoms with Crippen LogP contribution in [-0.4, -0.2) is 21.6 Å². The number of nitrogens with one attached hydrogen (secondary N) is 1. The van der Waals surface area contributed by atoms with Crippen LogP contribution in [0.1, 0.15) is 26.4 Å². The summed E-state index contributed by atoms with van der Waals surface area (Å²) in [7, 11) is 1.74. The molecule has 0 aliphatic carbocycles. The number of para-hydroxylation sites is 1. The predicted molar refractivity (Wildman–Crippen MR) is 70.9 cm³/mol. The highest BCUT2D eigenvalue weighted by molar-refractivity contribution is 6.09. The van der Waals surface area contributed by atoms with Crippen LogP contribution in [-0.2, 0) is 7.05 Å². The van der Waals surface area contributed by atoms with Crippen LogP contribution in [0.4, 0.5) is 5.69 Å². The first kappa shape index (κ1) is 12.8. The zero-order chi connectivity index (χ0) is 14.0. The van der Waals surface area contributed by atoms with Crippen molar-refractivity contribution in [2.45, 2.75) is 6.92 Å². The van der Waals surface area contributed by atoms with Gasteiger partial charge in [-0.3, -0.25) is 14.3 Å². The molecule has 2 aromatic rings. The lowest BCUT2D eigenvalue weighted by molar-refractivity contribution is 0.100. The van der Waals surface area contributed by atoms with Gasteiger partial charge in [-0.2, -0.15) is 5.10 Å². The first-order valence-corrected chi connectivity index (χ1v) is 5.69. The van der Waals surface area contributed by atoms with E-state index in [1.165, 1.54) is 0 Å². The first-order chi connectivity index (χ1) is 8.99. The lowest BCUT2D eigenvalue weighted by atomic mass is 10.1. The smallest absolute Gasteiger partial charge is 0.259 e. The number of carbonyl (C=O) groups is 2. The fourth-order valence-corrected chi connectivity index (χ4v) is 1.82. The second-order valence-corrected chi connectivity index (χ2v) is 4.17. The number of nitrogens with two attached hydrogens (primary N) is 1. The number of rotatable bonds is 3. The van der Waals surface area contributed by atoms with Crippen LogP contribution in [0.5, 0.6) is 0 Å². The molecule has 1 aromatic heterocycles. The molecule has 2 rings (SSSR count). The Kier molecular flexibility index (Phi) is 3.33. The molecule has 0 aliphatic heterocycles. The number of carbonyl (C=O) groups excluding carboxylic acids is 2. The monoisotopic (exact) mass is 258 g/mol. The van der Waals surface area contributed by atoms with Crippen molar-refractivity contribution < 1.29 is 9.59 Å². The summed E-state index contributed by atoms with van der Waals surface area (Å²) in [6.07, 6.45) is 1.62. The highest BCUT2D eigenvalue weighted by atomic mass is 16.2. The van der Waals surface area contributed by atoms with E-state index in [0.717, 1.165) is 0 Å². The minimum atomic E-state index is -0.584. The largest absolute Gasteiger partial charge is 0.366 e. The molecule has 98 valence electrons. The molecule has 0 radical (unpaired) electrons. The Bertz CT molecular complexity index is 646. The number of anilines is 1. The number of primary amides is 1. The van der Waals surface area contributed by atoms with Crippen LogP contribution in [0, 0.1) is 6.92 Å². The number of hydrogen-bond acceptors (Lipinski definition) is 3. The SMILES string of the molecule is Cc1nn(C)cc1C(=O)Nc1ccccc1C(N)=O. The molecule has 0 saturated carbocycles. The van der Waals surface area contributed by atoms with Gasteiger partial charge in [0, 0.05) is 13.2 Å². The molecule has 0 saturated heterocycles. The van der Waals surface area contributed by atoms with E-state index in [-0.39, 0.29) is 11.5 Å². The molecule has 0 fully saturated rings. The Balaban J connectivity index is 2.29. The molecular weight excluding hydrogens is 244 g/mol. The summed E-state index contributed by atoms with van der Waals surface area (Å²) in [6, 6.07) is 6.60. The van der Waals surface area contributed by atoms with Gasteiger partial charge in [0.2, 0.25) is 0 Å². The van der Waals surface area contributed by atoms with Crippen LogP contribution < -0.4 is 11.1 Å². The van der Waals surface area contributed by atoms with Crippen molar-refractivity contribution in [3.8, 4) is 0 Å². The van der Waals surface area contributed by atoms with E-state index in [2.05, 4.69) is 10.4 Å². The molecule has 1 aromatic carbocycles. The van der Waals surface area contributed by atoms with E-state index >= 15 is 0 Å². The topological polar surface area (TPSA) is 90.0 Å². The Morgan fingerprint density at radius 3 is 2.53 bits per heavy atom. The standard InChI is InChI=1S/C13H14N4O2/c1-8-10(7-17(2)16-8)13(19)15-11-6-4-3-5-9(11)12(14)18/h3-7H,1-2H3,(H2,14,18)(H,15,19). The molecule has 3 N–H and O–H groups in total. The Morgan fingerprint density at radius 1 is 1.26 bits per heavy atom. The van der Waals surface area contributed by atoms with Gasteiger partial charge in [0.25, 0.3) is 11.8 Å². The number of hydrogen-bond donors (Lipinski definition) is 2. The zero-order valence-electron chi connectivity index (χ0n) is 10.7.